The number of H-pyrrole nitrogens is 1. The second-order valence-corrected chi connectivity index (χ2v) is 6.56. The standard InChI is InChI=1S/C12H21N3O5S/c1-8(2)20-7-5-4-6-13-21(18,19)11-9(3)14-15-10(11)12(16)17/h8,13H,4-7H2,1-3H3,(H,14,15)(H,16,17). The summed E-state index contributed by atoms with van der Waals surface area (Å²) < 4.78 is 32.0. The molecule has 9 heteroatoms. The normalized spacial score (nSPS) is 12.0. The molecule has 1 rings (SSSR count). The third kappa shape index (κ3) is 5.10. The van der Waals surface area contributed by atoms with E-state index in [4.69, 9.17) is 9.84 Å². The maximum Gasteiger partial charge on any atom is 0.357 e. The van der Waals surface area contributed by atoms with Crippen LogP contribution in [0.25, 0.3) is 0 Å². The van der Waals surface area contributed by atoms with Gasteiger partial charge >= 0.3 is 5.97 Å². The molecule has 0 aliphatic carbocycles. The number of aryl methyl sites for hydroxylation is 1. The zero-order valence-electron chi connectivity index (χ0n) is 12.3. The third-order valence-corrected chi connectivity index (χ3v) is 4.30. The largest absolute Gasteiger partial charge is 0.476 e. The molecule has 0 spiro atoms. The molecule has 0 saturated heterocycles. The summed E-state index contributed by atoms with van der Waals surface area (Å²) in [6.45, 7) is 6.10. The van der Waals surface area contributed by atoms with E-state index in [1.165, 1.54) is 6.92 Å². The van der Waals surface area contributed by atoms with Gasteiger partial charge in [-0.2, -0.15) is 5.10 Å². The van der Waals surface area contributed by atoms with Gasteiger partial charge < -0.3 is 9.84 Å². The van der Waals surface area contributed by atoms with Crippen molar-refractivity contribution in [2.75, 3.05) is 13.2 Å². The van der Waals surface area contributed by atoms with Crippen LogP contribution in [-0.2, 0) is 14.8 Å². The second kappa shape index (κ2) is 7.53. The van der Waals surface area contributed by atoms with Gasteiger partial charge in [-0.3, -0.25) is 5.10 Å². The average Bonchev–Trinajstić information content (AvgIpc) is 2.76. The van der Waals surface area contributed by atoms with Crippen LogP contribution in [0.4, 0.5) is 0 Å². The molecule has 0 amide bonds. The monoisotopic (exact) mass is 319 g/mol. The molecule has 0 bridgehead atoms. The number of sulfonamides is 1. The smallest absolute Gasteiger partial charge is 0.357 e. The Bertz CT molecular complexity index is 580. The first-order valence-electron chi connectivity index (χ1n) is 6.65. The Balaban J connectivity index is 2.59. The van der Waals surface area contributed by atoms with E-state index in [9.17, 15) is 13.2 Å². The van der Waals surface area contributed by atoms with Gasteiger partial charge in [-0.05, 0) is 33.6 Å². The summed E-state index contributed by atoms with van der Waals surface area (Å²) in [6, 6.07) is 0. The predicted molar refractivity (Wildman–Crippen MR) is 75.8 cm³/mol. The van der Waals surface area contributed by atoms with Gasteiger partial charge in [0.15, 0.2) is 5.69 Å². The number of aromatic nitrogens is 2. The van der Waals surface area contributed by atoms with E-state index in [1.54, 1.807) is 0 Å². The van der Waals surface area contributed by atoms with Crippen LogP contribution in [0.3, 0.4) is 0 Å². The number of carboxylic acids is 1. The van der Waals surface area contributed by atoms with Crippen LogP contribution in [0.1, 0.15) is 42.9 Å². The van der Waals surface area contributed by atoms with E-state index >= 15 is 0 Å². The van der Waals surface area contributed by atoms with Crippen LogP contribution in [0.15, 0.2) is 4.90 Å². The van der Waals surface area contributed by atoms with E-state index < -0.39 is 21.7 Å². The molecule has 3 N–H and O–H groups in total. The van der Waals surface area contributed by atoms with E-state index in [0.29, 0.717) is 13.0 Å². The first kappa shape index (κ1) is 17.6. The van der Waals surface area contributed by atoms with Crippen molar-refractivity contribution in [3.05, 3.63) is 11.4 Å². The topological polar surface area (TPSA) is 121 Å². The minimum Gasteiger partial charge on any atom is -0.476 e. The van der Waals surface area contributed by atoms with Crippen LogP contribution in [0.5, 0.6) is 0 Å². The van der Waals surface area contributed by atoms with Gasteiger partial charge in [0.1, 0.15) is 4.90 Å². The van der Waals surface area contributed by atoms with Crippen molar-refractivity contribution >= 4 is 16.0 Å². The SMILES string of the molecule is Cc1[nH]nc(C(=O)O)c1S(=O)(=O)NCCCCOC(C)C. The fraction of sp³-hybridized carbons (Fsp3) is 0.667. The zero-order valence-corrected chi connectivity index (χ0v) is 13.2. The number of nitrogens with one attached hydrogen (secondary N) is 2. The highest BCUT2D eigenvalue weighted by atomic mass is 32.2. The van der Waals surface area contributed by atoms with Crippen molar-refractivity contribution in [1.82, 2.24) is 14.9 Å². The Kier molecular flexibility index (Phi) is 6.31. The van der Waals surface area contributed by atoms with Gasteiger partial charge in [0.2, 0.25) is 10.0 Å². The number of carboxylic acid groups (broad SMARTS) is 1. The van der Waals surface area contributed by atoms with E-state index in [0.717, 1.165) is 6.42 Å². The molecule has 0 radical (unpaired) electrons. The summed E-state index contributed by atoms with van der Waals surface area (Å²) in [6.07, 6.45) is 1.47. The maximum absolute atomic E-state index is 12.1. The van der Waals surface area contributed by atoms with Crippen molar-refractivity contribution in [2.45, 2.75) is 44.6 Å². The minimum atomic E-state index is -3.89. The van der Waals surface area contributed by atoms with Crippen LogP contribution in [-0.4, -0.2) is 48.9 Å². The maximum atomic E-state index is 12.1. The van der Waals surface area contributed by atoms with Gasteiger partial charge in [-0.1, -0.05) is 0 Å². The van der Waals surface area contributed by atoms with Gasteiger partial charge in [-0.25, -0.2) is 17.9 Å². The van der Waals surface area contributed by atoms with E-state index in [-0.39, 0.29) is 23.2 Å². The number of nitrogens with zero attached hydrogens (tertiary/aromatic N) is 1. The van der Waals surface area contributed by atoms with E-state index in [1.807, 2.05) is 13.8 Å². The van der Waals surface area contributed by atoms with Crippen LogP contribution < -0.4 is 4.72 Å². The highest BCUT2D eigenvalue weighted by Crippen LogP contribution is 2.17. The Morgan fingerprint density at radius 2 is 2.10 bits per heavy atom. The molecule has 0 fully saturated rings. The fourth-order valence-electron chi connectivity index (χ4n) is 1.72. The number of carbonyl (C=O) groups is 1. The quantitative estimate of drug-likeness (QED) is 0.581. The van der Waals surface area contributed by atoms with Gasteiger partial charge in [0.05, 0.1) is 11.8 Å². The number of aromatic carboxylic acids is 1. The van der Waals surface area contributed by atoms with Crippen molar-refractivity contribution in [3.63, 3.8) is 0 Å². The Labute approximate surface area is 123 Å². The summed E-state index contributed by atoms with van der Waals surface area (Å²) in [7, 11) is -3.89. The molecule has 0 aliphatic heterocycles. The summed E-state index contributed by atoms with van der Waals surface area (Å²) in [5.74, 6) is -1.38. The number of unbranched alkanes of at least 4 members (excludes halogenated alkanes) is 1. The molecule has 1 aromatic heterocycles. The fourth-order valence-corrected chi connectivity index (χ4v) is 3.11. The lowest BCUT2D eigenvalue weighted by atomic mass is 10.3. The van der Waals surface area contributed by atoms with Crippen molar-refractivity contribution in [1.29, 1.82) is 0 Å². The third-order valence-electron chi connectivity index (χ3n) is 2.68. The first-order chi connectivity index (χ1) is 9.75. The average molecular weight is 319 g/mol. The number of aromatic amines is 1. The van der Waals surface area contributed by atoms with E-state index in [2.05, 4.69) is 14.9 Å². The van der Waals surface area contributed by atoms with Crippen LogP contribution in [0.2, 0.25) is 0 Å². The first-order valence-corrected chi connectivity index (χ1v) is 8.13. The van der Waals surface area contributed by atoms with Crippen molar-refractivity contribution in [3.8, 4) is 0 Å². The molecule has 1 heterocycles. The van der Waals surface area contributed by atoms with Gasteiger partial charge in [-0.15, -0.1) is 0 Å². The van der Waals surface area contributed by atoms with Gasteiger partial charge in [0, 0.05) is 13.2 Å². The van der Waals surface area contributed by atoms with Gasteiger partial charge in [0.25, 0.3) is 0 Å². The predicted octanol–water partition coefficient (Wildman–Crippen LogP) is 0.900. The highest BCUT2D eigenvalue weighted by Gasteiger charge is 2.27. The molecule has 0 saturated carbocycles. The molecule has 21 heavy (non-hydrogen) atoms. The molecule has 8 nitrogen and oxygen atoms in total. The number of rotatable bonds is 9. The second-order valence-electron chi connectivity index (χ2n) is 4.86. The Morgan fingerprint density at radius 1 is 1.43 bits per heavy atom. The Morgan fingerprint density at radius 3 is 2.67 bits per heavy atom. The molecule has 0 atom stereocenters. The summed E-state index contributed by atoms with van der Waals surface area (Å²) >= 11 is 0. The van der Waals surface area contributed by atoms with Crippen molar-refractivity contribution in [2.24, 2.45) is 0 Å². The molecular formula is C12H21N3O5S. The molecule has 0 aromatic carbocycles. The molecule has 120 valence electrons. The highest BCUT2D eigenvalue weighted by molar-refractivity contribution is 7.89. The zero-order chi connectivity index (χ0) is 16.0. The lowest BCUT2D eigenvalue weighted by molar-refractivity contribution is 0.0686. The minimum absolute atomic E-state index is 0.147. The van der Waals surface area contributed by atoms with Crippen LogP contribution in [0, 0.1) is 6.92 Å². The molecule has 1 aromatic rings. The summed E-state index contributed by atoms with van der Waals surface area (Å²) in [5.41, 5.74) is -0.300. The van der Waals surface area contributed by atoms with Crippen molar-refractivity contribution < 1.29 is 23.1 Å². The summed E-state index contributed by atoms with van der Waals surface area (Å²) in [5, 5.41) is 14.8. The lowest BCUT2D eigenvalue weighted by Crippen LogP contribution is -2.27. The molecule has 0 aliphatic rings. The van der Waals surface area contributed by atoms with Crippen LogP contribution >= 0.6 is 0 Å². The molecule has 0 unspecified atom stereocenters. The summed E-state index contributed by atoms with van der Waals surface area (Å²) in [4.78, 5) is 10.7. The number of hydrogen-bond acceptors (Lipinski definition) is 5. The molecular weight excluding hydrogens is 298 g/mol. The number of ether oxygens (including phenoxy) is 1. The number of hydrogen-bond donors (Lipinski definition) is 3. The lowest BCUT2D eigenvalue weighted by Gasteiger charge is -2.08. The Hall–Kier alpha value is -1.45.